The summed E-state index contributed by atoms with van der Waals surface area (Å²) in [6.07, 6.45) is 2.75. The predicted molar refractivity (Wildman–Crippen MR) is 144 cm³/mol. The number of para-hydroxylation sites is 1. The Balaban J connectivity index is 1.58. The molecule has 3 aromatic rings. The van der Waals surface area contributed by atoms with Gasteiger partial charge in [0.15, 0.2) is 6.61 Å². The van der Waals surface area contributed by atoms with Gasteiger partial charge in [-0.3, -0.25) is 9.59 Å². The normalized spacial score (nSPS) is 15.3. The first-order valence-electron chi connectivity index (χ1n) is 11.8. The minimum absolute atomic E-state index is 0.159. The molecule has 7 heteroatoms. The van der Waals surface area contributed by atoms with Crippen molar-refractivity contribution < 1.29 is 14.3 Å². The van der Waals surface area contributed by atoms with Gasteiger partial charge in [-0.2, -0.15) is 0 Å². The van der Waals surface area contributed by atoms with Crippen LogP contribution in [0.25, 0.3) is 0 Å². The van der Waals surface area contributed by atoms with E-state index in [0.29, 0.717) is 27.3 Å². The lowest BCUT2D eigenvalue weighted by Crippen LogP contribution is -2.27. The quantitative estimate of drug-likeness (QED) is 0.370. The number of halogens is 1. The fourth-order valence-electron chi connectivity index (χ4n) is 4.39. The number of hydrogen-bond acceptors (Lipinski definition) is 4. The van der Waals surface area contributed by atoms with Gasteiger partial charge in [-0.1, -0.05) is 50.6 Å². The van der Waals surface area contributed by atoms with E-state index >= 15 is 0 Å². The van der Waals surface area contributed by atoms with Crippen molar-refractivity contribution in [3.8, 4) is 5.75 Å². The van der Waals surface area contributed by atoms with Crippen LogP contribution in [-0.4, -0.2) is 18.4 Å². The molecular formula is C28H31ClN2O3S. The molecule has 1 aliphatic carbocycles. The van der Waals surface area contributed by atoms with Crippen LogP contribution in [0, 0.1) is 18.3 Å². The van der Waals surface area contributed by atoms with E-state index in [-0.39, 0.29) is 23.8 Å². The molecule has 1 aliphatic rings. The van der Waals surface area contributed by atoms with Crippen molar-refractivity contribution in [3.05, 3.63) is 75.1 Å². The first-order chi connectivity index (χ1) is 16.6. The molecule has 1 unspecified atom stereocenters. The molecule has 35 heavy (non-hydrogen) atoms. The molecule has 5 nitrogen and oxygen atoms in total. The van der Waals surface area contributed by atoms with Crippen LogP contribution in [0.3, 0.4) is 0 Å². The highest BCUT2D eigenvalue weighted by Crippen LogP contribution is 2.44. The molecule has 2 amide bonds. The van der Waals surface area contributed by atoms with Crippen LogP contribution in [0.1, 0.15) is 53.6 Å². The number of aryl methyl sites for hydroxylation is 1. The molecule has 4 rings (SSSR count). The maximum atomic E-state index is 13.5. The van der Waals surface area contributed by atoms with E-state index in [2.05, 4.69) is 31.4 Å². The van der Waals surface area contributed by atoms with Crippen molar-refractivity contribution in [1.29, 1.82) is 0 Å². The fourth-order valence-corrected chi connectivity index (χ4v) is 5.86. The summed E-state index contributed by atoms with van der Waals surface area (Å²) in [7, 11) is 0. The van der Waals surface area contributed by atoms with Gasteiger partial charge in [-0.15, -0.1) is 11.3 Å². The van der Waals surface area contributed by atoms with E-state index < -0.39 is 0 Å². The summed E-state index contributed by atoms with van der Waals surface area (Å²) in [5.41, 5.74) is 3.56. The highest BCUT2D eigenvalue weighted by molar-refractivity contribution is 7.17. The fraction of sp³-hybridized carbons (Fsp3) is 0.357. The molecule has 0 bridgehead atoms. The minimum Gasteiger partial charge on any atom is -0.484 e. The van der Waals surface area contributed by atoms with Crippen molar-refractivity contribution in [1.82, 2.24) is 0 Å². The van der Waals surface area contributed by atoms with Gasteiger partial charge in [0.25, 0.3) is 11.8 Å². The van der Waals surface area contributed by atoms with Gasteiger partial charge in [0.2, 0.25) is 0 Å². The van der Waals surface area contributed by atoms with E-state index in [0.717, 1.165) is 36.1 Å². The van der Waals surface area contributed by atoms with Gasteiger partial charge in [0.1, 0.15) is 10.8 Å². The molecule has 0 aliphatic heterocycles. The van der Waals surface area contributed by atoms with E-state index in [1.165, 1.54) is 16.2 Å². The molecule has 2 N–H and O–H groups in total. The van der Waals surface area contributed by atoms with E-state index in [9.17, 15) is 9.59 Å². The number of benzene rings is 2. The summed E-state index contributed by atoms with van der Waals surface area (Å²) < 4.78 is 5.60. The van der Waals surface area contributed by atoms with Crippen molar-refractivity contribution in [2.75, 3.05) is 17.2 Å². The molecule has 1 atom stereocenters. The molecular weight excluding hydrogens is 480 g/mol. The van der Waals surface area contributed by atoms with Gasteiger partial charge in [-0.05, 0) is 79.0 Å². The van der Waals surface area contributed by atoms with Gasteiger partial charge in [-0.25, -0.2) is 0 Å². The second kappa shape index (κ2) is 10.4. The molecule has 0 saturated carbocycles. The number of carbonyl (C=O) groups excluding carboxylic acids is 2. The third-order valence-electron chi connectivity index (χ3n) is 6.55. The van der Waals surface area contributed by atoms with Crippen LogP contribution in [-0.2, 0) is 17.6 Å². The van der Waals surface area contributed by atoms with E-state index in [1.54, 1.807) is 24.3 Å². The second-order valence-electron chi connectivity index (χ2n) is 10.1. The summed E-state index contributed by atoms with van der Waals surface area (Å²) >= 11 is 7.42. The standard InChI is InChI=1S/C28H31ClN2O3S/c1-17-7-5-6-8-22(17)30-26(33)25-21-14-9-18(28(2,3)4)15-23(21)35-27(25)31-24(32)16-34-20-12-10-19(29)11-13-20/h5-8,10-13,18H,9,14-16H2,1-4H3,(H,30,33)(H,31,32). The van der Waals surface area contributed by atoms with Crippen LogP contribution >= 0.6 is 22.9 Å². The van der Waals surface area contributed by atoms with Crippen LogP contribution < -0.4 is 15.4 Å². The average molecular weight is 511 g/mol. The Morgan fingerprint density at radius 1 is 1.09 bits per heavy atom. The maximum Gasteiger partial charge on any atom is 0.262 e. The number of nitrogens with one attached hydrogen (secondary N) is 2. The van der Waals surface area contributed by atoms with Crippen molar-refractivity contribution in [2.45, 2.75) is 47.0 Å². The number of carbonyl (C=O) groups is 2. The van der Waals surface area contributed by atoms with Gasteiger partial charge < -0.3 is 15.4 Å². The number of thiophene rings is 1. The summed E-state index contributed by atoms with van der Waals surface area (Å²) in [5.74, 6) is 0.578. The van der Waals surface area contributed by atoms with Gasteiger partial charge >= 0.3 is 0 Å². The van der Waals surface area contributed by atoms with Crippen LogP contribution in [0.5, 0.6) is 5.75 Å². The summed E-state index contributed by atoms with van der Waals surface area (Å²) in [5, 5.41) is 7.19. The average Bonchev–Trinajstić information content (AvgIpc) is 3.16. The molecule has 0 fully saturated rings. The number of ether oxygens (including phenoxy) is 1. The van der Waals surface area contributed by atoms with Crippen LogP contribution in [0.2, 0.25) is 5.02 Å². The molecule has 1 heterocycles. The van der Waals surface area contributed by atoms with E-state index in [1.807, 2.05) is 31.2 Å². The van der Waals surface area contributed by atoms with Crippen molar-refractivity contribution in [2.24, 2.45) is 11.3 Å². The molecule has 2 aromatic carbocycles. The summed E-state index contributed by atoms with van der Waals surface area (Å²) in [6, 6.07) is 14.5. The summed E-state index contributed by atoms with van der Waals surface area (Å²) in [6.45, 7) is 8.59. The smallest absolute Gasteiger partial charge is 0.262 e. The number of anilines is 2. The Kier molecular flexibility index (Phi) is 7.53. The topological polar surface area (TPSA) is 67.4 Å². The van der Waals surface area contributed by atoms with Gasteiger partial charge in [0.05, 0.1) is 5.56 Å². The Morgan fingerprint density at radius 3 is 2.49 bits per heavy atom. The monoisotopic (exact) mass is 510 g/mol. The number of hydrogen-bond donors (Lipinski definition) is 2. The maximum absolute atomic E-state index is 13.5. The lowest BCUT2D eigenvalue weighted by molar-refractivity contribution is -0.118. The van der Waals surface area contributed by atoms with Crippen molar-refractivity contribution >= 4 is 45.4 Å². The highest BCUT2D eigenvalue weighted by atomic mass is 35.5. The first-order valence-corrected chi connectivity index (χ1v) is 13.0. The first kappa shape index (κ1) is 25.3. The zero-order chi connectivity index (χ0) is 25.2. The predicted octanol–water partition coefficient (Wildman–Crippen LogP) is 7.13. The molecule has 0 saturated heterocycles. The number of rotatable bonds is 6. The van der Waals surface area contributed by atoms with Crippen molar-refractivity contribution in [3.63, 3.8) is 0 Å². The zero-order valence-electron chi connectivity index (χ0n) is 20.5. The lowest BCUT2D eigenvalue weighted by atomic mass is 9.72. The molecule has 184 valence electrons. The third-order valence-corrected chi connectivity index (χ3v) is 7.97. The Hall–Kier alpha value is -2.83. The highest BCUT2D eigenvalue weighted by Gasteiger charge is 2.34. The lowest BCUT2D eigenvalue weighted by Gasteiger charge is -2.33. The number of fused-ring (bicyclic) bond motifs is 1. The van der Waals surface area contributed by atoms with Crippen LogP contribution in [0.15, 0.2) is 48.5 Å². The Labute approximate surface area is 215 Å². The third kappa shape index (κ3) is 6.06. The SMILES string of the molecule is Cc1ccccc1NC(=O)c1c(NC(=O)COc2ccc(Cl)cc2)sc2c1CCC(C(C)(C)C)C2. The Morgan fingerprint density at radius 2 is 1.80 bits per heavy atom. The minimum atomic E-state index is -0.309. The van der Waals surface area contributed by atoms with Gasteiger partial charge in [0, 0.05) is 15.6 Å². The summed E-state index contributed by atoms with van der Waals surface area (Å²) in [4.78, 5) is 27.5. The number of amides is 2. The van der Waals surface area contributed by atoms with E-state index in [4.69, 9.17) is 16.3 Å². The zero-order valence-corrected chi connectivity index (χ0v) is 22.1. The molecule has 1 aromatic heterocycles. The largest absolute Gasteiger partial charge is 0.484 e. The molecule has 0 spiro atoms. The second-order valence-corrected chi connectivity index (χ2v) is 11.6. The molecule has 0 radical (unpaired) electrons. The van der Waals surface area contributed by atoms with Crippen LogP contribution in [0.4, 0.5) is 10.7 Å². The Bertz CT molecular complexity index is 1230.